The highest BCUT2D eigenvalue weighted by molar-refractivity contribution is 6.19. The first-order valence-corrected chi connectivity index (χ1v) is 17.5. The lowest BCUT2D eigenvalue weighted by molar-refractivity contribution is 0.672. The van der Waals surface area contributed by atoms with Crippen LogP contribution < -0.4 is 4.90 Å². The van der Waals surface area contributed by atoms with Crippen molar-refractivity contribution < 1.29 is 4.42 Å². The molecular formula is C48H31N3O. The molecule has 0 aliphatic carbocycles. The van der Waals surface area contributed by atoms with Crippen LogP contribution in [0.3, 0.4) is 0 Å². The van der Waals surface area contributed by atoms with Crippen molar-refractivity contribution in [1.82, 2.24) is 9.97 Å². The fourth-order valence-electron chi connectivity index (χ4n) is 7.38. The number of aromatic nitrogens is 2. The zero-order valence-corrected chi connectivity index (χ0v) is 28.1. The lowest BCUT2D eigenvalue weighted by atomic mass is 9.98. The van der Waals surface area contributed by atoms with E-state index in [0.29, 0.717) is 5.82 Å². The molecule has 4 heteroatoms. The largest absolute Gasteiger partial charge is 0.455 e. The first-order chi connectivity index (χ1) is 25.8. The molecule has 0 atom stereocenters. The number of rotatable bonds is 6. The molecule has 0 aliphatic rings. The predicted octanol–water partition coefficient (Wildman–Crippen LogP) is 13.2. The number of hydrogen-bond donors (Lipinski definition) is 0. The molecule has 0 unspecified atom stereocenters. The SMILES string of the molecule is c1ccc(-c2ccc(-c3nc(-c4cc5c6cc(N(c7ccccc7)c7ccccc7)ccc6oc5c5ccccc45)nc4ccccc34)cc2)cc1. The van der Waals surface area contributed by atoms with E-state index in [1.54, 1.807) is 0 Å². The van der Waals surface area contributed by atoms with Crippen LogP contribution in [0.25, 0.3) is 77.4 Å². The predicted molar refractivity (Wildman–Crippen MR) is 215 cm³/mol. The van der Waals surface area contributed by atoms with E-state index >= 15 is 0 Å². The van der Waals surface area contributed by atoms with Crippen molar-refractivity contribution in [3.8, 4) is 33.8 Å². The van der Waals surface area contributed by atoms with E-state index in [1.165, 1.54) is 11.1 Å². The molecule has 0 bridgehead atoms. The maximum atomic E-state index is 6.65. The summed E-state index contributed by atoms with van der Waals surface area (Å²) < 4.78 is 6.65. The third kappa shape index (κ3) is 5.09. The monoisotopic (exact) mass is 665 g/mol. The molecule has 8 aromatic carbocycles. The van der Waals surface area contributed by atoms with E-state index in [4.69, 9.17) is 14.4 Å². The zero-order chi connectivity index (χ0) is 34.4. The summed E-state index contributed by atoms with van der Waals surface area (Å²) in [5.41, 5.74) is 11.1. The second kappa shape index (κ2) is 12.4. The second-order valence-electron chi connectivity index (χ2n) is 13.0. The summed E-state index contributed by atoms with van der Waals surface area (Å²) in [6.45, 7) is 0. The number of furan rings is 1. The lowest BCUT2D eigenvalue weighted by Gasteiger charge is -2.25. The van der Waals surface area contributed by atoms with Crippen LogP contribution in [-0.2, 0) is 0 Å². The number of fused-ring (bicyclic) bond motifs is 6. The van der Waals surface area contributed by atoms with Crippen LogP contribution >= 0.6 is 0 Å². The molecule has 0 radical (unpaired) electrons. The fourth-order valence-corrected chi connectivity index (χ4v) is 7.38. The van der Waals surface area contributed by atoms with Crippen molar-refractivity contribution in [3.63, 3.8) is 0 Å². The van der Waals surface area contributed by atoms with Gasteiger partial charge in [0.2, 0.25) is 0 Å². The highest BCUT2D eigenvalue weighted by Crippen LogP contribution is 2.43. The molecule has 0 aliphatic heterocycles. The van der Waals surface area contributed by atoms with E-state index in [0.717, 1.165) is 77.5 Å². The van der Waals surface area contributed by atoms with Gasteiger partial charge in [0.15, 0.2) is 5.82 Å². The van der Waals surface area contributed by atoms with Crippen molar-refractivity contribution in [2.45, 2.75) is 0 Å². The van der Waals surface area contributed by atoms with Crippen LogP contribution in [-0.4, -0.2) is 9.97 Å². The van der Waals surface area contributed by atoms with Gasteiger partial charge in [-0.25, -0.2) is 9.97 Å². The minimum absolute atomic E-state index is 0.680. The summed E-state index contributed by atoms with van der Waals surface area (Å²) in [4.78, 5) is 12.8. The van der Waals surface area contributed by atoms with Gasteiger partial charge in [0, 0.05) is 49.7 Å². The lowest BCUT2D eigenvalue weighted by Crippen LogP contribution is -2.09. The zero-order valence-electron chi connectivity index (χ0n) is 28.1. The number of para-hydroxylation sites is 3. The normalized spacial score (nSPS) is 11.5. The Morgan fingerprint density at radius 2 is 0.962 bits per heavy atom. The average molecular weight is 666 g/mol. The van der Waals surface area contributed by atoms with Gasteiger partial charge in [0.05, 0.1) is 11.2 Å². The van der Waals surface area contributed by atoms with Crippen LogP contribution in [0.5, 0.6) is 0 Å². The minimum Gasteiger partial charge on any atom is -0.455 e. The van der Waals surface area contributed by atoms with Crippen molar-refractivity contribution in [1.29, 1.82) is 0 Å². The maximum Gasteiger partial charge on any atom is 0.161 e. The molecule has 10 aromatic rings. The second-order valence-corrected chi connectivity index (χ2v) is 13.0. The molecule has 244 valence electrons. The molecule has 0 saturated carbocycles. The van der Waals surface area contributed by atoms with Gasteiger partial charge in [-0.15, -0.1) is 0 Å². The van der Waals surface area contributed by atoms with Gasteiger partial charge < -0.3 is 9.32 Å². The van der Waals surface area contributed by atoms with Crippen molar-refractivity contribution in [3.05, 3.63) is 188 Å². The molecule has 4 nitrogen and oxygen atoms in total. The Bertz CT molecular complexity index is 2840. The first-order valence-electron chi connectivity index (χ1n) is 17.5. The van der Waals surface area contributed by atoms with E-state index < -0.39 is 0 Å². The molecule has 0 fully saturated rings. The highest BCUT2D eigenvalue weighted by atomic mass is 16.3. The van der Waals surface area contributed by atoms with Gasteiger partial charge >= 0.3 is 0 Å². The van der Waals surface area contributed by atoms with E-state index in [1.807, 2.05) is 24.3 Å². The highest BCUT2D eigenvalue weighted by Gasteiger charge is 2.20. The number of nitrogens with zero attached hydrogens (tertiary/aromatic N) is 3. The Morgan fingerprint density at radius 1 is 0.385 bits per heavy atom. The first kappa shape index (κ1) is 29.8. The third-order valence-corrected chi connectivity index (χ3v) is 9.86. The Kier molecular flexibility index (Phi) is 7.10. The van der Waals surface area contributed by atoms with Crippen LogP contribution in [0, 0.1) is 0 Å². The molecule has 0 saturated heterocycles. The summed E-state index contributed by atoms with van der Waals surface area (Å²) in [7, 11) is 0. The van der Waals surface area contributed by atoms with Crippen LogP contribution in [0.2, 0.25) is 0 Å². The van der Waals surface area contributed by atoms with Gasteiger partial charge in [-0.05, 0) is 71.1 Å². The van der Waals surface area contributed by atoms with Crippen LogP contribution in [0.4, 0.5) is 17.1 Å². The summed E-state index contributed by atoms with van der Waals surface area (Å²) in [6, 6.07) is 65.4. The summed E-state index contributed by atoms with van der Waals surface area (Å²) in [6.07, 6.45) is 0. The minimum atomic E-state index is 0.680. The molecule has 0 amide bonds. The molecular weight excluding hydrogens is 635 g/mol. The summed E-state index contributed by atoms with van der Waals surface area (Å²) in [5, 5.41) is 5.15. The smallest absolute Gasteiger partial charge is 0.161 e. The van der Waals surface area contributed by atoms with Crippen molar-refractivity contribution in [2.75, 3.05) is 4.90 Å². The van der Waals surface area contributed by atoms with Gasteiger partial charge in [0.25, 0.3) is 0 Å². The van der Waals surface area contributed by atoms with E-state index in [9.17, 15) is 0 Å². The molecule has 2 aromatic heterocycles. The number of anilines is 3. The molecule has 10 rings (SSSR count). The van der Waals surface area contributed by atoms with Gasteiger partial charge in [-0.3, -0.25) is 0 Å². The Morgan fingerprint density at radius 3 is 1.67 bits per heavy atom. The molecule has 2 heterocycles. The Labute approximate surface area is 300 Å². The maximum absolute atomic E-state index is 6.65. The van der Waals surface area contributed by atoms with Crippen LogP contribution in [0.1, 0.15) is 0 Å². The quantitative estimate of drug-likeness (QED) is 0.177. The Balaban J connectivity index is 1.18. The standard InChI is InChI=1S/C48H31N3O/c1-4-14-32(15-5-1)33-24-26-34(27-25-33)46-40-22-12-13-23-44(40)49-48(50-46)43-31-42-41-30-37(28-29-45(41)52-47(42)39-21-11-10-20-38(39)43)51(35-16-6-2-7-17-35)36-18-8-3-9-19-36/h1-31H. The number of benzene rings is 8. The van der Waals surface area contributed by atoms with Gasteiger partial charge in [0.1, 0.15) is 11.2 Å². The summed E-state index contributed by atoms with van der Waals surface area (Å²) in [5.74, 6) is 0.680. The number of hydrogen-bond acceptors (Lipinski definition) is 4. The topological polar surface area (TPSA) is 42.2 Å². The third-order valence-electron chi connectivity index (χ3n) is 9.86. The van der Waals surface area contributed by atoms with Crippen molar-refractivity contribution in [2.24, 2.45) is 0 Å². The van der Waals surface area contributed by atoms with Crippen LogP contribution in [0.15, 0.2) is 192 Å². The van der Waals surface area contributed by atoms with E-state index in [-0.39, 0.29) is 0 Å². The van der Waals surface area contributed by atoms with Crippen molar-refractivity contribution >= 4 is 60.7 Å². The molecule has 0 spiro atoms. The molecule has 0 N–H and O–H groups in total. The average Bonchev–Trinajstić information content (AvgIpc) is 3.60. The fraction of sp³-hybridized carbons (Fsp3) is 0. The summed E-state index contributed by atoms with van der Waals surface area (Å²) >= 11 is 0. The van der Waals surface area contributed by atoms with Gasteiger partial charge in [-0.1, -0.05) is 133 Å². The molecule has 52 heavy (non-hydrogen) atoms. The Hall–Kier alpha value is -7.04. The van der Waals surface area contributed by atoms with E-state index in [2.05, 4.69) is 169 Å². The van der Waals surface area contributed by atoms with Gasteiger partial charge in [-0.2, -0.15) is 0 Å².